The highest BCUT2D eigenvalue weighted by Gasteiger charge is 2.11. The van der Waals surface area contributed by atoms with Crippen molar-refractivity contribution < 1.29 is 0 Å². The van der Waals surface area contributed by atoms with Gasteiger partial charge in [-0.25, -0.2) is 0 Å². The van der Waals surface area contributed by atoms with Gasteiger partial charge in [0.15, 0.2) is 0 Å². The van der Waals surface area contributed by atoms with Crippen LogP contribution in [0.15, 0.2) is 4.99 Å². The number of aryl methyl sites for hydroxylation is 2. The summed E-state index contributed by atoms with van der Waals surface area (Å²) in [5.74, 6) is 1.15. The Balaban J connectivity index is 2.04. The number of aromatic nitrogens is 2. The van der Waals surface area contributed by atoms with Crippen LogP contribution in [-0.4, -0.2) is 22.2 Å². The maximum atomic E-state index is 4.40. The molecule has 0 unspecified atom stereocenters. The molecule has 0 fully saturated rings. The van der Waals surface area contributed by atoms with Crippen molar-refractivity contribution in [3.05, 3.63) is 17.0 Å². The number of aliphatic imine (C=N–C) groups is 1. The Kier molecular flexibility index (Phi) is 2.75. The zero-order chi connectivity index (χ0) is 10.8. The molecular formula is C11H18N4. The number of nitrogens with zero attached hydrogens (tertiary/aromatic N) is 3. The van der Waals surface area contributed by atoms with Gasteiger partial charge in [-0.15, -0.1) is 0 Å². The lowest BCUT2D eigenvalue weighted by Crippen LogP contribution is -2.21. The second-order valence-corrected chi connectivity index (χ2v) is 4.06. The van der Waals surface area contributed by atoms with E-state index in [0.29, 0.717) is 0 Å². The van der Waals surface area contributed by atoms with Crippen molar-refractivity contribution in [3.63, 3.8) is 0 Å². The minimum absolute atomic E-state index is 0.852. The van der Waals surface area contributed by atoms with E-state index in [0.717, 1.165) is 31.0 Å². The molecule has 2 heterocycles. The average molecular weight is 206 g/mol. The summed E-state index contributed by atoms with van der Waals surface area (Å²) < 4.78 is 1.93. The molecule has 0 saturated heterocycles. The van der Waals surface area contributed by atoms with E-state index in [4.69, 9.17) is 0 Å². The first kappa shape index (κ1) is 10.2. The molecule has 4 heteroatoms. The molecule has 0 bridgehead atoms. The van der Waals surface area contributed by atoms with E-state index in [1.807, 2.05) is 11.7 Å². The Morgan fingerprint density at radius 1 is 1.40 bits per heavy atom. The second-order valence-electron chi connectivity index (χ2n) is 4.06. The van der Waals surface area contributed by atoms with Gasteiger partial charge in [0.25, 0.3) is 0 Å². The Bertz CT molecular complexity index is 390. The Labute approximate surface area is 90.4 Å². The fourth-order valence-corrected chi connectivity index (χ4v) is 1.95. The molecule has 0 radical (unpaired) electrons. The van der Waals surface area contributed by atoms with E-state index in [2.05, 4.69) is 29.3 Å². The maximum absolute atomic E-state index is 4.40. The predicted molar refractivity (Wildman–Crippen MR) is 61.1 cm³/mol. The van der Waals surface area contributed by atoms with Crippen LogP contribution in [0.5, 0.6) is 0 Å². The summed E-state index contributed by atoms with van der Waals surface area (Å²) in [6, 6.07) is 0. The van der Waals surface area contributed by atoms with Gasteiger partial charge in [-0.3, -0.25) is 9.67 Å². The monoisotopic (exact) mass is 206 g/mol. The molecule has 15 heavy (non-hydrogen) atoms. The van der Waals surface area contributed by atoms with Gasteiger partial charge in [0, 0.05) is 37.8 Å². The van der Waals surface area contributed by atoms with Crippen LogP contribution in [0.25, 0.3) is 0 Å². The number of hydrogen-bond acceptors (Lipinski definition) is 3. The molecule has 4 nitrogen and oxygen atoms in total. The van der Waals surface area contributed by atoms with Gasteiger partial charge in [-0.1, -0.05) is 0 Å². The average Bonchev–Trinajstić information content (AvgIpc) is 2.76. The summed E-state index contributed by atoms with van der Waals surface area (Å²) >= 11 is 0. The van der Waals surface area contributed by atoms with Gasteiger partial charge in [0.05, 0.1) is 11.5 Å². The molecule has 1 aliphatic rings. The summed E-state index contributed by atoms with van der Waals surface area (Å²) in [6.45, 7) is 5.99. The van der Waals surface area contributed by atoms with Crippen LogP contribution in [-0.2, 0) is 13.6 Å². The molecule has 0 atom stereocenters. The highest BCUT2D eigenvalue weighted by Crippen LogP contribution is 2.12. The lowest BCUT2D eigenvalue weighted by Gasteiger charge is -2.05. The summed E-state index contributed by atoms with van der Waals surface area (Å²) in [6.07, 6.45) is 2.28. The number of amidine groups is 1. The minimum atomic E-state index is 0.852. The maximum Gasteiger partial charge on any atom is 0.0966 e. The van der Waals surface area contributed by atoms with Crippen molar-refractivity contribution in [2.24, 2.45) is 12.0 Å². The molecule has 82 valence electrons. The van der Waals surface area contributed by atoms with E-state index in [1.54, 1.807) is 0 Å². The first-order valence-electron chi connectivity index (χ1n) is 5.44. The summed E-state index contributed by atoms with van der Waals surface area (Å²) in [5, 5.41) is 7.78. The smallest absolute Gasteiger partial charge is 0.0966 e. The van der Waals surface area contributed by atoms with Gasteiger partial charge in [-0.05, 0) is 20.3 Å². The highest BCUT2D eigenvalue weighted by molar-refractivity contribution is 5.83. The van der Waals surface area contributed by atoms with E-state index in [1.165, 1.54) is 17.7 Å². The Morgan fingerprint density at radius 2 is 2.20 bits per heavy atom. The molecule has 1 aromatic rings. The Hall–Kier alpha value is -1.32. The van der Waals surface area contributed by atoms with Crippen LogP contribution in [0.3, 0.4) is 0 Å². The van der Waals surface area contributed by atoms with E-state index >= 15 is 0 Å². The third-order valence-electron chi connectivity index (χ3n) is 3.00. The van der Waals surface area contributed by atoms with Gasteiger partial charge in [0.1, 0.15) is 0 Å². The van der Waals surface area contributed by atoms with Crippen molar-refractivity contribution in [2.75, 3.05) is 6.54 Å². The van der Waals surface area contributed by atoms with Crippen molar-refractivity contribution >= 4 is 5.84 Å². The van der Waals surface area contributed by atoms with Crippen LogP contribution in [0.2, 0.25) is 0 Å². The molecule has 0 aliphatic carbocycles. The zero-order valence-electron chi connectivity index (χ0n) is 9.67. The van der Waals surface area contributed by atoms with Crippen molar-refractivity contribution in [3.8, 4) is 0 Å². The van der Waals surface area contributed by atoms with E-state index in [-0.39, 0.29) is 0 Å². The minimum Gasteiger partial charge on any atom is -0.370 e. The van der Waals surface area contributed by atoms with Gasteiger partial charge < -0.3 is 5.32 Å². The summed E-state index contributed by atoms with van der Waals surface area (Å²) in [4.78, 5) is 4.40. The molecular weight excluding hydrogens is 188 g/mol. The molecule has 0 saturated carbocycles. The Morgan fingerprint density at radius 3 is 2.73 bits per heavy atom. The summed E-state index contributed by atoms with van der Waals surface area (Å²) in [5.41, 5.74) is 3.65. The van der Waals surface area contributed by atoms with Crippen molar-refractivity contribution in [1.29, 1.82) is 0 Å². The molecule has 1 N–H and O–H groups in total. The molecule has 1 aliphatic heterocycles. The fraction of sp³-hybridized carbons (Fsp3) is 0.636. The number of nitrogens with one attached hydrogen (secondary N) is 1. The van der Waals surface area contributed by atoms with Crippen LogP contribution in [0.4, 0.5) is 0 Å². The molecule has 0 amide bonds. The van der Waals surface area contributed by atoms with Crippen molar-refractivity contribution in [2.45, 2.75) is 33.2 Å². The second kappa shape index (κ2) is 4.04. The highest BCUT2D eigenvalue weighted by atomic mass is 15.3. The summed E-state index contributed by atoms with van der Waals surface area (Å²) in [7, 11) is 1.99. The van der Waals surface area contributed by atoms with Crippen LogP contribution >= 0.6 is 0 Å². The third kappa shape index (κ3) is 2.03. The van der Waals surface area contributed by atoms with Crippen LogP contribution in [0.1, 0.15) is 29.8 Å². The van der Waals surface area contributed by atoms with Crippen molar-refractivity contribution in [1.82, 2.24) is 15.1 Å². The lowest BCUT2D eigenvalue weighted by molar-refractivity contribution is 0.729. The molecule has 2 rings (SSSR count). The van der Waals surface area contributed by atoms with Gasteiger partial charge >= 0.3 is 0 Å². The van der Waals surface area contributed by atoms with Crippen LogP contribution in [0, 0.1) is 13.8 Å². The molecule has 0 spiro atoms. The van der Waals surface area contributed by atoms with E-state index < -0.39 is 0 Å². The largest absolute Gasteiger partial charge is 0.370 e. The lowest BCUT2D eigenvalue weighted by atomic mass is 10.2. The zero-order valence-corrected chi connectivity index (χ0v) is 9.67. The predicted octanol–water partition coefficient (Wildman–Crippen LogP) is 1.32. The topological polar surface area (TPSA) is 42.2 Å². The van der Waals surface area contributed by atoms with Gasteiger partial charge in [-0.2, -0.15) is 5.10 Å². The van der Waals surface area contributed by atoms with E-state index in [9.17, 15) is 0 Å². The fourth-order valence-electron chi connectivity index (χ4n) is 1.95. The standard InChI is InChI=1S/C11H18N4/c1-8-10(9(2)15(3)14-8)7-13-11-5-4-6-12-11/h4-7H2,1-3H3,(H,12,13). The molecule has 1 aromatic heterocycles. The molecule has 0 aromatic carbocycles. The SMILES string of the molecule is Cc1nn(C)c(C)c1CNC1=NCCC1. The quantitative estimate of drug-likeness (QED) is 0.793. The first-order valence-corrected chi connectivity index (χ1v) is 5.44. The first-order chi connectivity index (χ1) is 7.18. The third-order valence-corrected chi connectivity index (χ3v) is 3.00. The van der Waals surface area contributed by atoms with Gasteiger partial charge in [0.2, 0.25) is 0 Å². The normalized spacial score (nSPS) is 15.5. The van der Waals surface area contributed by atoms with Crippen LogP contribution < -0.4 is 5.32 Å². The number of hydrogen-bond donors (Lipinski definition) is 1. The number of rotatable bonds is 2.